The Labute approximate surface area is 102 Å². The van der Waals surface area contributed by atoms with Crippen LogP contribution in [0.25, 0.3) is 0 Å². The molecule has 17 heavy (non-hydrogen) atoms. The van der Waals surface area contributed by atoms with Crippen molar-refractivity contribution in [2.45, 2.75) is 20.8 Å². The molecule has 0 radical (unpaired) electrons. The molecule has 2 N–H and O–H groups in total. The van der Waals surface area contributed by atoms with E-state index in [4.69, 9.17) is 10.5 Å². The van der Waals surface area contributed by atoms with Gasteiger partial charge in [0.25, 0.3) is 0 Å². The van der Waals surface area contributed by atoms with Crippen molar-refractivity contribution in [1.82, 2.24) is 0 Å². The number of hydrogen-bond donors (Lipinski definition) is 1. The van der Waals surface area contributed by atoms with Crippen molar-refractivity contribution in [3.63, 3.8) is 0 Å². The fourth-order valence-corrected chi connectivity index (χ4v) is 2.01. The topological polar surface area (TPSA) is 35.2 Å². The van der Waals surface area contributed by atoms with Crippen LogP contribution in [0.1, 0.15) is 16.7 Å². The van der Waals surface area contributed by atoms with E-state index in [2.05, 4.69) is 32.9 Å². The van der Waals surface area contributed by atoms with Gasteiger partial charge in [-0.1, -0.05) is 29.8 Å². The predicted octanol–water partition coefficient (Wildman–Crippen LogP) is 3.99. The maximum Gasteiger partial charge on any atom is 0.150 e. The summed E-state index contributed by atoms with van der Waals surface area (Å²) in [6.45, 7) is 6.18. The van der Waals surface area contributed by atoms with Crippen LogP contribution in [0.2, 0.25) is 0 Å². The fourth-order valence-electron chi connectivity index (χ4n) is 2.01. The van der Waals surface area contributed by atoms with Gasteiger partial charge in [-0.25, -0.2) is 0 Å². The Kier molecular flexibility index (Phi) is 3.05. The maximum atomic E-state index is 5.90. The van der Waals surface area contributed by atoms with E-state index < -0.39 is 0 Å². The normalized spacial score (nSPS) is 10.3. The van der Waals surface area contributed by atoms with Crippen LogP contribution in [-0.4, -0.2) is 0 Å². The lowest BCUT2D eigenvalue weighted by Gasteiger charge is -2.14. The van der Waals surface area contributed by atoms with Gasteiger partial charge in [-0.15, -0.1) is 0 Å². The predicted molar refractivity (Wildman–Crippen MR) is 71.6 cm³/mol. The summed E-state index contributed by atoms with van der Waals surface area (Å²) in [5.41, 5.74) is 10.0. The van der Waals surface area contributed by atoms with E-state index >= 15 is 0 Å². The first-order chi connectivity index (χ1) is 8.08. The Hall–Kier alpha value is -1.96. The molecule has 2 rings (SSSR count). The van der Waals surface area contributed by atoms with Gasteiger partial charge in [0.1, 0.15) is 11.5 Å². The molecular formula is C15H17NO. The van der Waals surface area contributed by atoms with E-state index in [0.29, 0.717) is 11.4 Å². The monoisotopic (exact) mass is 227 g/mol. The molecule has 0 aliphatic rings. The van der Waals surface area contributed by atoms with E-state index in [1.165, 1.54) is 5.56 Å². The highest BCUT2D eigenvalue weighted by atomic mass is 16.5. The van der Waals surface area contributed by atoms with E-state index in [9.17, 15) is 0 Å². The molecular weight excluding hydrogens is 210 g/mol. The summed E-state index contributed by atoms with van der Waals surface area (Å²) in [7, 11) is 0. The van der Waals surface area contributed by atoms with Gasteiger partial charge in [-0.2, -0.15) is 0 Å². The number of nitrogen functional groups attached to an aromatic ring is 1. The molecule has 0 bridgehead atoms. The van der Waals surface area contributed by atoms with E-state index in [1.54, 1.807) is 0 Å². The van der Waals surface area contributed by atoms with Gasteiger partial charge in [0.05, 0.1) is 5.69 Å². The van der Waals surface area contributed by atoms with Gasteiger partial charge in [0, 0.05) is 0 Å². The molecule has 0 aromatic heterocycles. The summed E-state index contributed by atoms with van der Waals surface area (Å²) in [6, 6.07) is 11.8. The van der Waals surface area contributed by atoms with Crippen LogP contribution in [0.5, 0.6) is 11.5 Å². The number of hydrogen-bond acceptors (Lipinski definition) is 2. The molecule has 2 aromatic rings. The first kappa shape index (κ1) is 11.5. The quantitative estimate of drug-likeness (QED) is 0.787. The van der Waals surface area contributed by atoms with Crippen molar-refractivity contribution in [2.75, 3.05) is 5.73 Å². The molecule has 0 aliphatic carbocycles. The Bertz CT molecular complexity index is 523. The number of ether oxygens (including phenoxy) is 1. The zero-order chi connectivity index (χ0) is 12.4. The Morgan fingerprint density at radius 3 is 2.12 bits per heavy atom. The average Bonchev–Trinajstić information content (AvgIpc) is 2.25. The fraction of sp³-hybridized carbons (Fsp3) is 0.200. The smallest absolute Gasteiger partial charge is 0.150 e. The maximum absolute atomic E-state index is 5.90. The van der Waals surface area contributed by atoms with Gasteiger partial charge >= 0.3 is 0 Å². The molecule has 2 heteroatoms. The number of benzene rings is 2. The lowest BCUT2D eigenvalue weighted by Crippen LogP contribution is -1.95. The third-order valence-corrected chi connectivity index (χ3v) is 2.74. The van der Waals surface area contributed by atoms with Crippen LogP contribution in [0.4, 0.5) is 5.69 Å². The summed E-state index contributed by atoms with van der Waals surface area (Å²) in [4.78, 5) is 0. The second-order valence-electron chi connectivity index (χ2n) is 4.37. The molecule has 0 atom stereocenters. The van der Waals surface area contributed by atoms with Crippen LogP contribution in [0, 0.1) is 20.8 Å². The Morgan fingerprint density at radius 2 is 1.53 bits per heavy atom. The highest BCUT2D eigenvalue weighted by Gasteiger charge is 2.07. The SMILES string of the molecule is Cc1cc(C)c(Oc2ccccc2N)c(C)c1. The molecule has 0 fully saturated rings. The third-order valence-electron chi connectivity index (χ3n) is 2.74. The Balaban J connectivity index is 2.40. The van der Waals surface area contributed by atoms with E-state index in [1.807, 2.05) is 24.3 Å². The first-order valence-electron chi connectivity index (χ1n) is 5.68. The van der Waals surface area contributed by atoms with Gasteiger partial charge < -0.3 is 10.5 Å². The van der Waals surface area contributed by atoms with Gasteiger partial charge in [0.2, 0.25) is 0 Å². The van der Waals surface area contributed by atoms with Crippen molar-refractivity contribution in [2.24, 2.45) is 0 Å². The molecule has 2 nitrogen and oxygen atoms in total. The van der Waals surface area contributed by atoms with Crippen molar-refractivity contribution in [3.05, 3.63) is 53.1 Å². The summed E-state index contributed by atoms with van der Waals surface area (Å²) in [5, 5.41) is 0. The van der Waals surface area contributed by atoms with E-state index in [0.717, 1.165) is 16.9 Å². The second-order valence-corrected chi connectivity index (χ2v) is 4.37. The first-order valence-corrected chi connectivity index (χ1v) is 5.68. The lowest BCUT2D eigenvalue weighted by molar-refractivity contribution is 0.477. The van der Waals surface area contributed by atoms with Crippen molar-refractivity contribution in [3.8, 4) is 11.5 Å². The number of nitrogens with two attached hydrogens (primary N) is 1. The zero-order valence-electron chi connectivity index (χ0n) is 10.4. The molecule has 0 aliphatic heterocycles. The van der Waals surface area contributed by atoms with Crippen molar-refractivity contribution < 1.29 is 4.74 Å². The summed E-state index contributed by atoms with van der Waals surface area (Å²) < 4.78 is 5.90. The summed E-state index contributed by atoms with van der Waals surface area (Å²) >= 11 is 0. The third kappa shape index (κ3) is 2.41. The molecule has 2 aromatic carbocycles. The van der Waals surface area contributed by atoms with Crippen molar-refractivity contribution in [1.29, 1.82) is 0 Å². The summed E-state index contributed by atoms with van der Waals surface area (Å²) in [6.07, 6.45) is 0. The minimum absolute atomic E-state index is 0.659. The highest BCUT2D eigenvalue weighted by Crippen LogP contribution is 2.32. The molecule has 88 valence electrons. The van der Waals surface area contributed by atoms with Gasteiger partial charge in [-0.3, -0.25) is 0 Å². The number of aryl methyl sites for hydroxylation is 3. The zero-order valence-corrected chi connectivity index (χ0v) is 10.4. The molecule has 0 saturated carbocycles. The number of para-hydroxylation sites is 2. The van der Waals surface area contributed by atoms with Crippen LogP contribution in [0.15, 0.2) is 36.4 Å². The number of anilines is 1. The van der Waals surface area contributed by atoms with Gasteiger partial charge in [0.15, 0.2) is 0 Å². The van der Waals surface area contributed by atoms with Crippen LogP contribution >= 0.6 is 0 Å². The van der Waals surface area contributed by atoms with Crippen molar-refractivity contribution >= 4 is 5.69 Å². The van der Waals surface area contributed by atoms with Crippen LogP contribution < -0.4 is 10.5 Å². The van der Waals surface area contributed by atoms with E-state index in [-0.39, 0.29) is 0 Å². The second kappa shape index (κ2) is 4.50. The molecule has 0 spiro atoms. The van der Waals surface area contributed by atoms with Crippen LogP contribution in [0.3, 0.4) is 0 Å². The summed E-state index contributed by atoms with van der Waals surface area (Å²) in [5.74, 6) is 1.61. The molecule has 0 unspecified atom stereocenters. The number of rotatable bonds is 2. The highest BCUT2D eigenvalue weighted by molar-refractivity contribution is 5.55. The largest absolute Gasteiger partial charge is 0.455 e. The average molecular weight is 227 g/mol. The van der Waals surface area contributed by atoms with Crippen LogP contribution in [-0.2, 0) is 0 Å². The minimum Gasteiger partial charge on any atom is -0.455 e. The Morgan fingerprint density at radius 1 is 0.941 bits per heavy atom. The lowest BCUT2D eigenvalue weighted by atomic mass is 10.1. The molecule has 0 heterocycles. The molecule has 0 saturated heterocycles. The van der Waals surface area contributed by atoms with Gasteiger partial charge in [-0.05, 0) is 44.0 Å². The molecule has 0 amide bonds. The minimum atomic E-state index is 0.659. The standard InChI is InChI=1S/C15H17NO/c1-10-8-11(2)15(12(3)9-10)17-14-7-5-4-6-13(14)16/h4-9H,16H2,1-3H3.